The van der Waals surface area contributed by atoms with Crippen LogP contribution in [0.15, 0.2) is 42.9 Å². The van der Waals surface area contributed by atoms with E-state index >= 15 is 0 Å². The zero-order chi connectivity index (χ0) is 15.2. The van der Waals surface area contributed by atoms with Crippen molar-refractivity contribution in [2.75, 3.05) is 13.1 Å². The van der Waals surface area contributed by atoms with Gasteiger partial charge >= 0.3 is 0 Å². The largest absolute Gasteiger partial charge is 0.437 e. The van der Waals surface area contributed by atoms with Crippen molar-refractivity contribution in [2.24, 2.45) is 0 Å². The van der Waals surface area contributed by atoms with Gasteiger partial charge in [0.2, 0.25) is 5.88 Å². The normalized spacial score (nSPS) is 14.0. The number of rotatable bonds is 4. The molecular weight excluding hydrogens is 351 g/mol. The molecule has 1 aliphatic heterocycles. The van der Waals surface area contributed by atoms with Gasteiger partial charge in [-0.1, -0.05) is 6.07 Å². The number of amides is 1. The van der Waals surface area contributed by atoms with Gasteiger partial charge in [-0.15, -0.1) is 24.8 Å². The molecule has 0 spiro atoms. The maximum absolute atomic E-state index is 12.3. The third-order valence-corrected chi connectivity index (χ3v) is 3.53. The highest BCUT2D eigenvalue weighted by Crippen LogP contribution is 2.19. The lowest BCUT2D eigenvalue weighted by Gasteiger charge is -2.23. The number of carbonyl (C=O) groups excluding carboxylic acids is 1. The summed E-state index contributed by atoms with van der Waals surface area (Å²) in [5, 5.41) is 6.34. The van der Waals surface area contributed by atoms with E-state index in [9.17, 15) is 4.79 Å². The lowest BCUT2D eigenvalue weighted by atomic mass is 10.1. The van der Waals surface area contributed by atoms with Crippen LogP contribution in [-0.4, -0.2) is 35.0 Å². The molecule has 24 heavy (non-hydrogen) atoms. The van der Waals surface area contributed by atoms with Crippen molar-refractivity contribution >= 4 is 30.7 Å². The van der Waals surface area contributed by atoms with E-state index in [0.717, 1.165) is 25.9 Å². The number of hydrogen-bond donors (Lipinski definition) is 2. The molecule has 1 aliphatic rings. The monoisotopic (exact) mass is 370 g/mol. The number of nitrogens with one attached hydrogen (secondary N) is 2. The van der Waals surface area contributed by atoms with Gasteiger partial charge in [0.05, 0.1) is 6.20 Å². The van der Waals surface area contributed by atoms with Gasteiger partial charge in [-0.05, 0) is 44.1 Å². The Morgan fingerprint density at radius 1 is 1.21 bits per heavy atom. The Kier molecular flexibility index (Phi) is 8.46. The van der Waals surface area contributed by atoms with Gasteiger partial charge < -0.3 is 15.4 Å². The summed E-state index contributed by atoms with van der Waals surface area (Å²) in [5.74, 6) is 0.897. The van der Waals surface area contributed by atoms with Gasteiger partial charge in [0.25, 0.3) is 5.91 Å². The first-order chi connectivity index (χ1) is 10.8. The highest BCUT2D eigenvalue weighted by molar-refractivity contribution is 5.94. The molecule has 1 fully saturated rings. The van der Waals surface area contributed by atoms with Crippen LogP contribution in [-0.2, 0) is 0 Å². The molecule has 3 rings (SSSR count). The van der Waals surface area contributed by atoms with Crippen LogP contribution in [0.4, 0.5) is 0 Å². The van der Waals surface area contributed by atoms with E-state index in [1.54, 1.807) is 36.7 Å². The van der Waals surface area contributed by atoms with E-state index in [1.165, 1.54) is 6.20 Å². The smallest absolute Gasteiger partial charge is 0.251 e. The Morgan fingerprint density at radius 2 is 2.00 bits per heavy atom. The number of ether oxygens (including phenoxy) is 1. The molecule has 1 aromatic carbocycles. The van der Waals surface area contributed by atoms with Crippen LogP contribution in [0.3, 0.4) is 0 Å². The summed E-state index contributed by atoms with van der Waals surface area (Å²) < 4.78 is 5.60. The molecular formula is C16H20Cl2N4O2. The number of hydrogen-bond acceptors (Lipinski definition) is 5. The summed E-state index contributed by atoms with van der Waals surface area (Å²) in [7, 11) is 0. The number of benzene rings is 1. The minimum absolute atomic E-state index is 0. The highest BCUT2D eigenvalue weighted by Gasteiger charge is 2.16. The molecule has 6 nitrogen and oxygen atoms in total. The fraction of sp³-hybridized carbons (Fsp3) is 0.312. The van der Waals surface area contributed by atoms with Crippen molar-refractivity contribution in [2.45, 2.75) is 18.9 Å². The van der Waals surface area contributed by atoms with Gasteiger partial charge in [-0.2, -0.15) is 0 Å². The molecule has 2 heterocycles. The Balaban J connectivity index is 0.00000144. The number of piperidine rings is 1. The fourth-order valence-corrected chi connectivity index (χ4v) is 2.39. The second-order valence-electron chi connectivity index (χ2n) is 5.17. The Bertz CT molecular complexity index is 637. The number of aromatic nitrogens is 2. The van der Waals surface area contributed by atoms with Crippen LogP contribution in [0.2, 0.25) is 0 Å². The van der Waals surface area contributed by atoms with E-state index in [4.69, 9.17) is 4.74 Å². The van der Waals surface area contributed by atoms with E-state index < -0.39 is 0 Å². The maximum atomic E-state index is 12.3. The van der Waals surface area contributed by atoms with Crippen LogP contribution in [0.5, 0.6) is 11.6 Å². The molecule has 1 saturated heterocycles. The average molecular weight is 371 g/mol. The second kappa shape index (κ2) is 10.1. The Hall–Kier alpha value is -1.89. The quantitative estimate of drug-likeness (QED) is 0.864. The van der Waals surface area contributed by atoms with Crippen molar-refractivity contribution in [3.8, 4) is 11.6 Å². The predicted molar refractivity (Wildman–Crippen MR) is 96.4 cm³/mol. The van der Waals surface area contributed by atoms with E-state index in [0.29, 0.717) is 17.2 Å². The molecule has 0 atom stereocenters. The minimum atomic E-state index is -0.0727. The summed E-state index contributed by atoms with van der Waals surface area (Å²) in [5.41, 5.74) is 0.583. The first-order valence-electron chi connectivity index (χ1n) is 7.37. The van der Waals surface area contributed by atoms with Gasteiger partial charge in [0.15, 0.2) is 0 Å². The third-order valence-electron chi connectivity index (χ3n) is 3.53. The summed E-state index contributed by atoms with van der Waals surface area (Å²) in [6, 6.07) is 7.31. The molecule has 130 valence electrons. The fourth-order valence-electron chi connectivity index (χ4n) is 2.39. The van der Waals surface area contributed by atoms with Crippen LogP contribution in [0, 0.1) is 0 Å². The van der Waals surface area contributed by atoms with Crippen LogP contribution in [0.1, 0.15) is 23.2 Å². The van der Waals surface area contributed by atoms with Crippen LogP contribution >= 0.6 is 24.8 Å². The molecule has 2 N–H and O–H groups in total. The first-order valence-corrected chi connectivity index (χ1v) is 7.37. The zero-order valence-electron chi connectivity index (χ0n) is 13.0. The van der Waals surface area contributed by atoms with Crippen molar-refractivity contribution in [3.63, 3.8) is 0 Å². The van der Waals surface area contributed by atoms with Crippen molar-refractivity contribution in [1.82, 2.24) is 20.6 Å². The van der Waals surface area contributed by atoms with Crippen molar-refractivity contribution < 1.29 is 9.53 Å². The average Bonchev–Trinajstić information content (AvgIpc) is 2.57. The molecule has 0 bridgehead atoms. The zero-order valence-corrected chi connectivity index (χ0v) is 14.6. The Labute approximate surface area is 153 Å². The third kappa shape index (κ3) is 5.63. The van der Waals surface area contributed by atoms with Crippen molar-refractivity contribution in [3.05, 3.63) is 48.4 Å². The van der Waals surface area contributed by atoms with Crippen LogP contribution < -0.4 is 15.4 Å². The summed E-state index contributed by atoms with van der Waals surface area (Å²) in [4.78, 5) is 20.3. The Morgan fingerprint density at radius 3 is 2.71 bits per heavy atom. The van der Waals surface area contributed by atoms with E-state index in [1.807, 2.05) is 0 Å². The van der Waals surface area contributed by atoms with E-state index in [2.05, 4.69) is 20.6 Å². The summed E-state index contributed by atoms with van der Waals surface area (Å²) in [6.07, 6.45) is 6.59. The highest BCUT2D eigenvalue weighted by atomic mass is 35.5. The molecule has 0 unspecified atom stereocenters. The van der Waals surface area contributed by atoms with Crippen LogP contribution in [0.25, 0.3) is 0 Å². The molecule has 0 radical (unpaired) electrons. The van der Waals surface area contributed by atoms with Gasteiger partial charge in [0.1, 0.15) is 5.75 Å². The van der Waals surface area contributed by atoms with Gasteiger partial charge in [-0.25, -0.2) is 4.98 Å². The molecule has 1 amide bonds. The predicted octanol–water partition coefficient (Wildman–Crippen LogP) is 2.59. The standard InChI is InChI=1S/C16H18N4O2.2ClH/c21-16(20-13-4-6-17-7-5-13)12-2-1-3-14(10-12)22-15-11-18-8-9-19-15;;/h1-3,8-11,13,17H,4-7H2,(H,20,21);2*1H. The lowest BCUT2D eigenvalue weighted by molar-refractivity contribution is 0.0929. The maximum Gasteiger partial charge on any atom is 0.251 e. The lowest BCUT2D eigenvalue weighted by Crippen LogP contribution is -2.42. The SMILES string of the molecule is Cl.Cl.O=C(NC1CCNCC1)c1cccc(Oc2cnccn2)c1. The summed E-state index contributed by atoms with van der Waals surface area (Å²) >= 11 is 0. The molecule has 8 heteroatoms. The van der Waals surface area contributed by atoms with Gasteiger partial charge in [-0.3, -0.25) is 9.78 Å². The second-order valence-corrected chi connectivity index (χ2v) is 5.17. The molecule has 0 aliphatic carbocycles. The molecule has 2 aromatic rings. The van der Waals surface area contributed by atoms with Crippen molar-refractivity contribution in [1.29, 1.82) is 0 Å². The number of nitrogens with zero attached hydrogens (tertiary/aromatic N) is 2. The molecule has 1 aromatic heterocycles. The van der Waals surface area contributed by atoms with Gasteiger partial charge in [0, 0.05) is 24.0 Å². The molecule has 0 saturated carbocycles. The summed E-state index contributed by atoms with van der Waals surface area (Å²) in [6.45, 7) is 1.89. The number of carbonyl (C=O) groups is 1. The first kappa shape index (κ1) is 20.2. The van der Waals surface area contributed by atoms with E-state index in [-0.39, 0.29) is 36.8 Å². The minimum Gasteiger partial charge on any atom is -0.437 e. The topological polar surface area (TPSA) is 76.1 Å². The number of halogens is 2.